The third-order valence-corrected chi connectivity index (χ3v) is 5.66. The Morgan fingerprint density at radius 3 is 2.77 bits per heavy atom. The van der Waals surface area contributed by atoms with E-state index in [1.54, 1.807) is 18.2 Å². The van der Waals surface area contributed by atoms with Crippen molar-refractivity contribution in [1.82, 2.24) is 5.32 Å². The number of hydrogen-bond acceptors (Lipinski definition) is 5. The van der Waals surface area contributed by atoms with Gasteiger partial charge in [-0.15, -0.1) is 0 Å². The summed E-state index contributed by atoms with van der Waals surface area (Å²) in [4.78, 5) is 17.7. The van der Waals surface area contributed by atoms with E-state index in [4.69, 9.17) is 21.1 Å². The van der Waals surface area contributed by atoms with Gasteiger partial charge >= 0.3 is 0 Å². The summed E-state index contributed by atoms with van der Waals surface area (Å²) in [5.74, 6) is 0.804. The fourth-order valence-electron chi connectivity index (χ4n) is 3.18. The van der Waals surface area contributed by atoms with Crippen LogP contribution in [0.2, 0.25) is 5.02 Å². The number of thioether (sulfide) groups is 1. The highest BCUT2D eigenvalue weighted by Crippen LogP contribution is 2.38. The van der Waals surface area contributed by atoms with Gasteiger partial charge in [-0.25, -0.2) is 4.99 Å². The number of ether oxygens (including phenoxy) is 2. The Bertz CT molecular complexity index is 1190. The standard InChI is InChI=1S/C23H19ClN2O3S/c1-3-29-19-12-14(11-17(24)21(19)28-2)13-20-22(27)26-23(30-20)25-18-10-6-8-15-7-4-5-9-16(15)18/h4-13H,3H2,1-2H3,(H,25,26,27)/b20-13-. The lowest BCUT2D eigenvalue weighted by Gasteiger charge is -2.11. The minimum atomic E-state index is -0.205. The number of amidine groups is 1. The van der Waals surface area contributed by atoms with Crippen molar-refractivity contribution in [2.45, 2.75) is 6.92 Å². The Labute approximate surface area is 183 Å². The van der Waals surface area contributed by atoms with Crippen LogP contribution < -0.4 is 14.8 Å². The molecule has 0 atom stereocenters. The van der Waals surface area contributed by atoms with Crippen molar-refractivity contribution in [3.8, 4) is 11.5 Å². The summed E-state index contributed by atoms with van der Waals surface area (Å²) in [5.41, 5.74) is 1.55. The van der Waals surface area contributed by atoms with Gasteiger partial charge in [-0.1, -0.05) is 48.0 Å². The van der Waals surface area contributed by atoms with E-state index in [9.17, 15) is 4.79 Å². The van der Waals surface area contributed by atoms with Crippen molar-refractivity contribution in [1.29, 1.82) is 0 Å². The number of halogens is 1. The molecule has 30 heavy (non-hydrogen) atoms. The van der Waals surface area contributed by atoms with Crippen LogP contribution in [0.15, 0.2) is 64.5 Å². The maximum Gasteiger partial charge on any atom is 0.264 e. The SMILES string of the molecule is CCOc1cc(/C=C2\SC(=Nc3cccc4ccccc34)NC2=O)cc(Cl)c1OC. The van der Waals surface area contributed by atoms with Crippen molar-refractivity contribution < 1.29 is 14.3 Å². The third kappa shape index (κ3) is 4.15. The summed E-state index contributed by atoms with van der Waals surface area (Å²) in [6, 6.07) is 17.5. The van der Waals surface area contributed by atoms with E-state index in [0.29, 0.717) is 33.2 Å². The third-order valence-electron chi connectivity index (χ3n) is 4.47. The molecule has 3 aromatic rings. The molecular formula is C23H19ClN2O3S. The molecule has 5 nitrogen and oxygen atoms in total. The molecule has 7 heteroatoms. The summed E-state index contributed by atoms with van der Waals surface area (Å²) < 4.78 is 10.9. The summed E-state index contributed by atoms with van der Waals surface area (Å²) >= 11 is 7.61. The summed E-state index contributed by atoms with van der Waals surface area (Å²) in [6.45, 7) is 2.36. The first kappa shape index (κ1) is 20.3. The van der Waals surface area contributed by atoms with E-state index >= 15 is 0 Å². The Hall–Kier alpha value is -2.96. The molecule has 1 heterocycles. The van der Waals surface area contributed by atoms with E-state index in [-0.39, 0.29) is 5.91 Å². The monoisotopic (exact) mass is 438 g/mol. The van der Waals surface area contributed by atoms with Crippen molar-refractivity contribution >= 4 is 57.0 Å². The zero-order valence-corrected chi connectivity index (χ0v) is 18.0. The molecule has 0 unspecified atom stereocenters. The van der Waals surface area contributed by atoms with E-state index in [1.165, 1.54) is 18.9 Å². The number of carbonyl (C=O) groups excluding carboxylic acids is 1. The van der Waals surface area contributed by atoms with Crippen LogP contribution in [0.1, 0.15) is 12.5 Å². The summed E-state index contributed by atoms with van der Waals surface area (Å²) in [6.07, 6.45) is 1.76. The number of aliphatic imine (C=N–C) groups is 1. The first-order valence-corrected chi connectivity index (χ1v) is 10.6. The number of hydrogen-bond donors (Lipinski definition) is 1. The summed E-state index contributed by atoms with van der Waals surface area (Å²) in [5, 5.41) is 5.91. The van der Waals surface area contributed by atoms with Crippen LogP contribution in [0, 0.1) is 0 Å². The second-order valence-corrected chi connectivity index (χ2v) is 7.88. The topological polar surface area (TPSA) is 59.9 Å². The van der Waals surface area contributed by atoms with Gasteiger partial charge in [0.1, 0.15) is 0 Å². The number of carbonyl (C=O) groups is 1. The lowest BCUT2D eigenvalue weighted by Crippen LogP contribution is -2.19. The molecule has 152 valence electrons. The Kier molecular flexibility index (Phi) is 5.97. The second kappa shape index (κ2) is 8.81. The number of methoxy groups -OCH3 is 1. The van der Waals surface area contributed by atoms with Gasteiger partial charge in [0.25, 0.3) is 5.91 Å². The molecule has 1 amide bonds. The molecule has 1 N–H and O–H groups in total. The highest BCUT2D eigenvalue weighted by molar-refractivity contribution is 8.18. The van der Waals surface area contributed by atoms with Crippen LogP contribution in [-0.2, 0) is 4.79 Å². The molecule has 0 spiro atoms. The highest BCUT2D eigenvalue weighted by Gasteiger charge is 2.24. The van der Waals surface area contributed by atoms with Gasteiger partial charge in [-0.05, 0) is 53.9 Å². The molecule has 1 saturated heterocycles. The van der Waals surface area contributed by atoms with Gasteiger partial charge in [-0.2, -0.15) is 0 Å². The zero-order chi connectivity index (χ0) is 21.1. The predicted molar refractivity (Wildman–Crippen MR) is 124 cm³/mol. The Balaban J connectivity index is 1.65. The van der Waals surface area contributed by atoms with Gasteiger partial charge in [-0.3, -0.25) is 4.79 Å². The molecule has 4 rings (SSSR count). The molecule has 1 fully saturated rings. The van der Waals surface area contributed by atoms with E-state index < -0.39 is 0 Å². The zero-order valence-electron chi connectivity index (χ0n) is 16.4. The minimum absolute atomic E-state index is 0.205. The number of fused-ring (bicyclic) bond motifs is 1. The average Bonchev–Trinajstić information content (AvgIpc) is 3.07. The quantitative estimate of drug-likeness (QED) is 0.512. The first-order valence-electron chi connectivity index (χ1n) is 9.36. The fourth-order valence-corrected chi connectivity index (χ4v) is 4.31. The molecule has 0 aromatic heterocycles. The lowest BCUT2D eigenvalue weighted by molar-refractivity contribution is -0.115. The van der Waals surface area contributed by atoms with E-state index in [2.05, 4.69) is 10.3 Å². The molecule has 3 aromatic carbocycles. The van der Waals surface area contributed by atoms with Crippen molar-refractivity contribution in [2.24, 2.45) is 4.99 Å². The number of benzene rings is 3. The maximum atomic E-state index is 12.5. The lowest BCUT2D eigenvalue weighted by atomic mass is 10.1. The smallest absolute Gasteiger partial charge is 0.264 e. The highest BCUT2D eigenvalue weighted by atomic mass is 35.5. The van der Waals surface area contributed by atoms with E-state index in [1.807, 2.05) is 49.4 Å². The fraction of sp³-hybridized carbons (Fsp3) is 0.130. The van der Waals surface area contributed by atoms with Crippen LogP contribution >= 0.6 is 23.4 Å². The van der Waals surface area contributed by atoms with E-state index in [0.717, 1.165) is 22.0 Å². The van der Waals surface area contributed by atoms with Crippen LogP contribution in [0.4, 0.5) is 5.69 Å². The van der Waals surface area contributed by atoms with Crippen LogP contribution in [0.25, 0.3) is 16.8 Å². The molecule has 0 saturated carbocycles. The minimum Gasteiger partial charge on any atom is -0.491 e. The van der Waals surface area contributed by atoms with Gasteiger partial charge in [0, 0.05) is 5.39 Å². The molecule has 0 radical (unpaired) electrons. The van der Waals surface area contributed by atoms with Crippen LogP contribution in [-0.4, -0.2) is 24.8 Å². The molecular weight excluding hydrogens is 420 g/mol. The normalized spacial score (nSPS) is 16.3. The number of nitrogens with one attached hydrogen (secondary N) is 1. The number of amides is 1. The van der Waals surface area contributed by atoms with Gasteiger partial charge in [0.2, 0.25) is 0 Å². The molecule has 1 aliphatic rings. The van der Waals surface area contributed by atoms with Gasteiger partial charge in [0.15, 0.2) is 16.7 Å². The summed E-state index contributed by atoms with van der Waals surface area (Å²) in [7, 11) is 1.54. The average molecular weight is 439 g/mol. The molecule has 0 aliphatic carbocycles. The first-order chi connectivity index (χ1) is 14.6. The van der Waals surface area contributed by atoms with Gasteiger partial charge < -0.3 is 14.8 Å². The van der Waals surface area contributed by atoms with Crippen LogP contribution in [0.3, 0.4) is 0 Å². The van der Waals surface area contributed by atoms with Crippen molar-refractivity contribution in [3.05, 3.63) is 70.1 Å². The Morgan fingerprint density at radius 1 is 1.17 bits per heavy atom. The Morgan fingerprint density at radius 2 is 1.97 bits per heavy atom. The van der Waals surface area contributed by atoms with Crippen LogP contribution in [0.5, 0.6) is 11.5 Å². The predicted octanol–water partition coefficient (Wildman–Crippen LogP) is 5.79. The van der Waals surface area contributed by atoms with Gasteiger partial charge in [0.05, 0.1) is 29.3 Å². The van der Waals surface area contributed by atoms with Crippen molar-refractivity contribution in [3.63, 3.8) is 0 Å². The number of nitrogens with zero attached hydrogens (tertiary/aromatic N) is 1. The maximum absolute atomic E-state index is 12.5. The number of rotatable bonds is 5. The molecule has 0 bridgehead atoms. The largest absolute Gasteiger partial charge is 0.491 e. The molecule has 1 aliphatic heterocycles. The second-order valence-electron chi connectivity index (χ2n) is 6.45. The van der Waals surface area contributed by atoms with Crippen molar-refractivity contribution in [2.75, 3.05) is 13.7 Å².